The normalized spacial score (nSPS) is 18.3. The van der Waals surface area contributed by atoms with Crippen molar-refractivity contribution in [3.8, 4) is 5.75 Å². The minimum atomic E-state index is -0.417. The lowest BCUT2D eigenvalue weighted by Crippen LogP contribution is -2.44. The van der Waals surface area contributed by atoms with Gasteiger partial charge in [-0.05, 0) is 48.6 Å². The van der Waals surface area contributed by atoms with Crippen LogP contribution >= 0.6 is 11.6 Å². The Balaban J connectivity index is 1.41. The number of hydrazine groups is 1. The molecule has 1 fully saturated rings. The van der Waals surface area contributed by atoms with Crippen LogP contribution in [-0.2, 0) is 9.59 Å². The minimum absolute atomic E-state index is 0.0953. The van der Waals surface area contributed by atoms with E-state index in [0.29, 0.717) is 10.8 Å². The number of carbonyl (C=O) groups is 2. The number of amides is 2. The number of nitrogens with one attached hydrogen (secondary N) is 2. The summed E-state index contributed by atoms with van der Waals surface area (Å²) in [6, 6.07) is 15.0. The summed E-state index contributed by atoms with van der Waals surface area (Å²) in [6.45, 7) is 1.66. The van der Waals surface area contributed by atoms with Crippen LogP contribution in [0.1, 0.15) is 23.5 Å². The van der Waals surface area contributed by atoms with Gasteiger partial charge in [-0.15, -0.1) is 0 Å². The van der Waals surface area contributed by atoms with E-state index < -0.39 is 5.91 Å². The van der Waals surface area contributed by atoms with Gasteiger partial charge in [-0.2, -0.15) is 0 Å². The maximum atomic E-state index is 12.1. The third-order valence-electron chi connectivity index (χ3n) is 4.18. The maximum absolute atomic E-state index is 12.1. The molecule has 3 rings (SSSR count). The Morgan fingerprint density at radius 2 is 1.92 bits per heavy atom. The number of aryl methyl sites for hydroxylation is 1. The molecule has 0 aromatic heterocycles. The van der Waals surface area contributed by atoms with Crippen molar-refractivity contribution in [2.75, 3.05) is 6.61 Å². The van der Waals surface area contributed by atoms with Crippen molar-refractivity contribution in [2.24, 2.45) is 5.92 Å². The summed E-state index contributed by atoms with van der Waals surface area (Å²) in [6.07, 6.45) is 0.798. The number of benzene rings is 2. The molecule has 0 bridgehead atoms. The van der Waals surface area contributed by atoms with E-state index in [2.05, 4.69) is 10.9 Å². The second kappa shape index (κ2) is 7.57. The van der Waals surface area contributed by atoms with Crippen molar-refractivity contribution in [1.82, 2.24) is 10.9 Å². The summed E-state index contributed by atoms with van der Waals surface area (Å²) >= 11 is 5.87. The quantitative estimate of drug-likeness (QED) is 0.807. The summed E-state index contributed by atoms with van der Waals surface area (Å²) in [5.74, 6) is 0.120. The van der Waals surface area contributed by atoms with Crippen molar-refractivity contribution in [2.45, 2.75) is 19.3 Å². The molecule has 0 radical (unpaired) electrons. The van der Waals surface area contributed by atoms with Gasteiger partial charge in [0.05, 0.1) is 0 Å². The third kappa shape index (κ3) is 4.51. The van der Waals surface area contributed by atoms with Gasteiger partial charge in [-0.3, -0.25) is 20.4 Å². The first-order chi connectivity index (χ1) is 12.0. The Hall–Kier alpha value is -2.53. The number of ether oxygens (including phenoxy) is 1. The molecule has 5 nitrogen and oxygen atoms in total. The highest BCUT2D eigenvalue weighted by atomic mass is 35.5. The summed E-state index contributed by atoms with van der Waals surface area (Å²) < 4.78 is 5.43. The Kier molecular flexibility index (Phi) is 5.24. The van der Waals surface area contributed by atoms with Crippen molar-refractivity contribution < 1.29 is 14.3 Å². The molecule has 1 saturated carbocycles. The lowest BCUT2D eigenvalue weighted by molar-refractivity contribution is -0.130. The van der Waals surface area contributed by atoms with Crippen LogP contribution in [0.5, 0.6) is 5.75 Å². The van der Waals surface area contributed by atoms with Crippen molar-refractivity contribution in [3.05, 3.63) is 64.7 Å². The standard InChI is InChI=1S/C19H19ClN2O3/c1-12-9-14(20)7-8-17(12)25-11-18(23)21-22-19(24)16-10-15(16)13-5-3-2-4-6-13/h2-9,15-16H,10-11H2,1H3,(H,21,23)(H,22,24)/t15-,16-/m1/s1. The predicted molar refractivity (Wildman–Crippen MR) is 95.3 cm³/mol. The first-order valence-corrected chi connectivity index (χ1v) is 8.45. The van der Waals surface area contributed by atoms with Crippen LogP contribution in [-0.4, -0.2) is 18.4 Å². The zero-order valence-corrected chi connectivity index (χ0v) is 14.5. The molecule has 2 N–H and O–H groups in total. The minimum Gasteiger partial charge on any atom is -0.483 e. The summed E-state index contributed by atoms with van der Waals surface area (Å²) in [7, 11) is 0. The third-order valence-corrected chi connectivity index (χ3v) is 4.41. The van der Waals surface area contributed by atoms with Gasteiger partial charge >= 0.3 is 0 Å². The van der Waals surface area contributed by atoms with E-state index in [4.69, 9.17) is 16.3 Å². The van der Waals surface area contributed by atoms with E-state index in [-0.39, 0.29) is 24.3 Å². The fraction of sp³-hybridized carbons (Fsp3) is 0.263. The van der Waals surface area contributed by atoms with Crippen LogP contribution < -0.4 is 15.6 Å². The molecule has 6 heteroatoms. The van der Waals surface area contributed by atoms with Crippen LogP contribution in [0.2, 0.25) is 5.02 Å². The Morgan fingerprint density at radius 3 is 2.64 bits per heavy atom. The lowest BCUT2D eigenvalue weighted by Gasteiger charge is -2.10. The van der Waals surface area contributed by atoms with E-state index in [1.54, 1.807) is 18.2 Å². The number of rotatable bonds is 5. The van der Waals surface area contributed by atoms with Crippen LogP contribution in [0.3, 0.4) is 0 Å². The first kappa shape index (κ1) is 17.3. The SMILES string of the molecule is Cc1cc(Cl)ccc1OCC(=O)NNC(=O)[C@@H]1C[C@@H]1c1ccccc1. The predicted octanol–water partition coefficient (Wildman–Crippen LogP) is 2.98. The highest BCUT2D eigenvalue weighted by Crippen LogP contribution is 2.47. The maximum Gasteiger partial charge on any atom is 0.276 e. The smallest absolute Gasteiger partial charge is 0.276 e. The van der Waals surface area contributed by atoms with E-state index in [0.717, 1.165) is 17.5 Å². The lowest BCUT2D eigenvalue weighted by atomic mass is 10.1. The van der Waals surface area contributed by atoms with Crippen LogP contribution in [0, 0.1) is 12.8 Å². The molecule has 2 atom stereocenters. The van der Waals surface area contributed by atoms with Crippen LogP contribution in [0.25, 0.3) is 0 Å². The molecule has 25 heavy (non-hydrogen) atoms. The molecule has 0 spiro atoms. The van der Waals surface area contributed by atoms with E-state index in [9.17, 15) is 9.59 Å². The average Bonchev–Trinajstić information content (AvgIpc) is 3.40. The first-order valence-electron chi connectivity index (χ1n) is 8.07. The fourth-order valence-corrected chi connectivity index (χ4v) is 2.96. The molecule has 0 saturated heterocycles. The van der Waals surface area contributed by atoms with Crippen LogP contribution in [0.4, 0.5) is 0 Å². The van der Waals surface area contributed by atoms with Crippen molar-refractivity contribution >= 4 is 23.4 Å². The summed E-state index contributed by atoms with van der Waals surface area (Å²) in [4.78, 5) is 23.9. The van der Waals surface area contributed by atoms with E-state index in [1.165, 1.54) is 0 Å². The van der Waals surface area contributed by atoms with Gasteiger partial charge in [0.25, 0.3) is 5.91 Å². The highest BCUT2D eigenvalue weighted by molar-refractivity contribution is 6.30. The number of hydrogen-bond acceptors (Lipinski definition) is 3. The molecule has 2 amide bonds. The van der Waals surface area contributed by atoms with Crippen molar-refractivity contribution in [3.63, 3.8) is 0 Å². The largest absolute Gasteiger partial charge is 0.483 e. The summed E-state index contributed by atoms with van der Waals surface area (Å²) in [5.41, 5.74) is 6.84. The molecule has 2 aromatic rings. The zero-order chi connectivity index (χ0) is 17.8. The molecule has 1 aliphatic carbocycles. The monoisotopic (exact) mass is 358 g/mol. The molecule has 0 heterocycles. The Bertz CT molecular complexity index is 779. The Morgan fingerprint density at radius 1 is 1.16 bits per heavy atom. The van der Waals surface area contributed by atoms with Gasteiger partial charge in [-0.1, -0.05) is 41.9 Å². The highest BCUT2D eigenvalue weighted by Gasteiger charge is 2.43. The molecule has 130 valence electrons. The number of hydrogen-bond donors (Lipinski definition) is 2. The van der Waals surface area contributed by atoms with Gasteiger partial charge < -0.3 is 4.74 Å². The summed E-state index contributed by atoms with van der Waals surface area (Å²) in [5, 5.41) is 0.610. The number of carbonyl (C=O) groups excluding carboxylic acids is 2. The molecular weight excluding hydrogens is 340 g/mol. The van der Waals surface area contributed by atoms with Gasteiger partial charge in [-0.25, -0.2) is 0 Å². The molecule has 2 aromatic carbocycles. The fourth-order valence-electron chi connectivity index (χ4n) is 2.73. The van der Waals surface area contributed by atoms with Gasteiger partial charge in [0.1, 0.15) is 5.75 Å². The van der Waals surface area contributed by atoms with E-state index in [1.807, 2.05) is 37.3 Å². The Labute approximate surface area is 151 Å². The topological polar surface area (TPSA) is 67.4 Å². The zero-order valence-electron chi connectivity index (χ0n) is 13.8. The van der Waals surface area contributed by atoms with Gasteiger partial charge in [0.15, 0.2) is 6.61 Å². The van der Waals surface area contributed by atoms with Crippen LogP contribution in [0.15, 0.2) is 48.5 Å². The van der Waals surface area contributed by atoms with Gasteiger partial charge in [0.2, 0.25) is 5.91 Å². The molecule has 1 aliphatic rings. The van der Waals surface area contributed by atoms with E-state index >= 15 is 0 Å². The number of halogens is 1. The average molecular weight is 359 g/mol. The molecular formula is C19H19ClN2O3. The molecule has 0 unspecified atom stereocenters. The van der Waals surface area contributed by atoms with Crippen molar-refractivity contribution in [1.29, 1.82) is 0 Å². The second-order valence-electron chi connectivity index (χ2n) is 6.10. The second-order valence-corrected chi connectivity index (χ2v) is 6.53. The van der Waals surface area contributed by atoms with Gasteiger partial charge in [0, 0.05) is 10.9 Å². The molecule has 0 aliphatic heterocycles.